The van der Waals surface area contributed by atoms with Gasteiger partial charge in [0.1, 0.15) is 0 Å². The number of benzene rings is 1. The molecule has 0 amide bonds. The van der Waals surface area contributed by atoms with Crippen LogP contribution in [0.1, 0.15) is 42.6 Å². The van der Waals surface area contributed by atoms with E-state index in [1.807, 2.05) is 0 Å². The molecule has 0 saturated carbocycles. The Labute approximate surface area is 151 Å². The molecule has 3 rings (SSSR count). The number of hydrogen-bond donors (Lipinski definition) is 1. The highest BCUT2D eigenvalue weighted by atomic mass is 35.5. The number of rotatable bonds is 5. The van der Waals surface area contributed by atoms with Gasteiger partial charge in [-0.2, -0.15) is 5.10 Å². The molecule has 0 spiro atoms. The summed E-state index contributed by atoms with van der Waals surface area (Å²) < 4.78 is 2.07. The van der Waals surface area contributed by atoms with Crippen LogP contribution in [0.5, 0.6) is 0 Å². The lowest BCUT2D eigenvalue weighted by Gasteiger charge is -2.16. The molecule has 2 heterocycles. The Morgan fingerprint density at radius 1 is 1.21 bits per heavy atom. The fourth-order valence-corrected chi connectivity index (χ4v) is 3.59. The molecule has 1 aromatic heterocycles. The fraction of sp³-hybridized carbons (Fsp3) is 0.526. The van der Waals surface area contributed by atoms with Gasteiger partial charge in [-0.05, 0) is 38.8 Å². The van der Waals surface area contributed by atoms with Crippen molar-refractivity contribution in [2.45, 2.75) is 39.3 Å². The third-order valence-corrected chi connectivity index (χ3v) is 4.99. The van der Waals surface area contributed by atoms with Crippen molar-refractivity contribution in [1.29, 1.82) is 0 Å². The third kappa shape index (κ3) is 4.00. The first kappa shape index (κ1) is 19.0. The summed E-state index contributed by atoms with van der Waals surface area (Å²) in [4.78, 5) is 2.53. The van der Waals surface area contributed by atoms with Crippen LogP contribution in [0.2, 0.25) is 0 Å². The predicted octanol–water partition coefficient (Wildman–Crippen LogP) is 3.37. The van der Waals surface area contributed by atoms with Crippen molar-refractivity contribution in [1.82, 2.24) is 14.7 Å². The topological polar surface area (TPSA) is 47.1 Å². The molecule has 4 nitrogen and oxygen atoms in total. The van der Waals surface area contributed by atoms with E-state index in [1.165, 1.54) is 11.1 Å². The normalized spacial score (nSPS) is 21.2. The van der Waals surface area contributed by atoms with E-state index < -0.39 is 0 Å². The molecule has 1 saturated heterocycles. The van der Waals surface area contributed by atoms with E-state index in [0.29, 0.717) is 17.9 Å². The highest BCUT2D eigenvalue weighted by Crippen LogP contribution is 2.33. The van der Waals surface area contributed by atoms with Gasteiger partial charge in [-0.1, -0.05) is 30.3 Å². The van der Waals surface area contributed by atoms with Crippen LogP contribution >= 0.6 is 12.4 Å². The van der Waals surface area contributed by atoms with Crippen LogP contribution in [0.4, 0.5) is 0 Å². The lowest BCUT2D eigenvalue weighted by molar-refractivity contribution is 0.316. The number of likely N-dealkylation sites (tertiary alicyclic amines) is 1. The quantitative estimate of drug-likeness (QED) is 0.901. The number of halogens is 1. The average molecular weight is 349 g/mol. The summed E-state index contributed by atoms with van der Waals surface area (Å²) in [5.74, 6) is 1.08. The predicted molar refractivity (Wildman–Crippen MR) is 102 cm³/mol. The maximum atomic E-state index is 6.05. The largest absolute Gasteiger partial charge is 0.330 e. The second kappa shape index (κ2) is 8.15. The number of nitrogens with two attached hydrogens (primary N) is 1. The average Bonchev–Trinajstić information content (AvgIpc) is 3.13. The van der Waals surface area contributed by atoms with E-state index in [1.54, 1.807) is 0 Å². The Kier molecular flexibility index (Phi) is 6.44. The molecule has 2 aromatic rings. The van der Waals surface area contributed by atoms with E-state index in [0.717, 1.165) is 31.9 Å². The molecule has 0 aliphatic carbocycles. The second-order valence-electron chi connectivity index (χ2n) is 7.02. The Morgan fingerprint density at radius 3 is 2.50 bits per heavy atom. The molecule has 0 radical (unpaired) electrons. The minimum Gasteiger partial charge on any atom is -0.330 e. The Hall–Kier alpha value is -1.36. The first-order valence-electron chi connectivity index (χ1n) is 8.60. The Morgan fingerprint density at radius 2 is 1.92 bits per heavy atom. The second-order valence-corrected chi connectivity index (χ2v) is 7.02. The van der Waals surface area contributed by atoms with Gasteiger partial charge in [0.2, 0.25) is 0 Å². The molecule has 24 heavy (non-hydrogen) atoms. The summed E-state index contributed by atoms with van der Waals surface area (Å²) in [6, 6.07) is 11.2. The van der Waals surface area contributed by atoms with Crippen molar-refractivity contribution < 1.29 is 0 Å². The summed E-state index contributed by atoms with van der Waals surface area (Å²) in [6.07, 6.45) is 2.20. The zero-order chi connectivity index (χ0) is 16.4. The zero-order valence-corrected chi connectivity index (χ0v) is 15.7. The number of hydrogen-bond acceptors (Lipinski definition) is 3. The van der Waals surface area contributed by atoms with Gasteiger partial charge in [0, 0.05) is 43.4 Å². The van der Waals surface area contributed by atoms with Gasteiger partial charge < -0.3 is 5.73 Å². The molecule has 1 aliphatic heterocycles. The van der Waals surface area contributed by atoms with Crippen molar-refractivity contribution in [3.63, 3.8) is 0 Å². The molecule has 132 valence electrons. The monoisotopic (exact) mass is 348 g/mol. The van der Waals surface area contributed by atoms with Crippen LogP contribution in [-0.2, 0) is 6.54 Å². The first-order valence-corrected chi connectivity index (χ1v) is 8.60. The SMILES string of the molecule is Cc1nn(C(C)C)cc1CN1C[C@@H](CN)[C@H](c2ccccc2)C1.Cl. The zero-order valence-electron chi connectivity index (χ0n) is 14.9. The highest BCUT2D eigenvalue weighted by Gasteiger charge is 2.33. The third-order valence-electron chi connectivity index (χ3n) is 4.99. The smallest absolute Gasteiger partial charge is 0.0638 e. The van der Waals surface area contributed by atoms with Crippen LogP contribution in [0.15, 0.2) is 36.5 Å². The molecule has 2 N–H and O–H groups in total. The van der Waals surface area contributed by atoms with E-state index in [-0.39, 0.29) is 12.4 Å². The molecule has 5 heteroatoms. The van der Waals surface area contributed by atoms with Crippen LogP contribution < -0.4 is 5.73 Å². The number of aryl methyl sites for hydroxylation is 1. The van der Waals surface area contributed by atoms with Crippen molar-refractivity contribution >= 4 is 12.4 Å². The maximum Gasteiger partial charge on any atom is 0.0638 e. The molecule has 0 bridgehead atoms. The number of nitrogens with zero attached hydrogens (tertiary/aromatic N) is 3. The van der Waals surface area contributed by atoms with Crippen molar-refractivity contribution in [3.05, 3.63) is 53.3 Å². The summed E-state index contributed by atoms with van der Waals surface area (Å²) in [7, 11) is 0. The lowest BCUT2D eigenvalue weighted by Crippen LogP contribution is -2.23. The van der Waals surface area contributed by atoms with Gasteiger partial charge in [0.15, 0.2) is 0 Å². The van der Waals surface area contributed by atoms with E-state index in [9.17, 15) is 0 Å². The summed E-state index contributed by atoms with van der Waals surface area (Å²) in [5, 5.41) is 4.63. The Balaban J connectivity index is 0.00000208. The minimum atomic E-state index is 0. The first-order chi connectivity index (χ1) is 11.1. The molecular formula is C19H29ClN4. The van der Waals surface area contributed by atoms with Gasteiger partial charge in [-0.25, -0.2) is 0 Å². The molecule has 1 aromatic carbocycles. The van der Waals surface area contributed by atoms with E-state index in [2.05, 4.69) is 72.0 Å². The highest BCUT2D eigenvalue weighted by molar-refractivity contribution is 5.85. The number of aromatic nitrogens is 2. The van der Waals surface area contributed by atoms with Gasteiger partial charge >= 0.3 is 0 Å². The van der Waals surface area contributed by atoms with Gasteiger partial charge in [-0.3, -0.25) is 9.58 Å². The van der Waals surface area contributed by atoms with Crippen molar-refractivity contribution in [3.8, 4) is 0 Å². The summed E-state index contributed by atoms with van der Waals surface area (Å²) >= 11 is 0. The fourth-order valence-electron chi connectivity index (χ4n) is 3.59. The molecular weight excluding hydrogens is 320 g/mol. The standard InChI is InChI=1S/C19H28N4.ClH/c1-14(2)23-12-18(15(3)21-23)11-22-10-17(9-20)19(13-22)16-7-5-4-6-8-16;/h4-8,12,14,17,19H,9-11,13,20H2,1-3H3;1H/t17-,19+;/m1./s1. The van der Waals surface area contributed by atoms with Crippen LogP contribution in [0.25, 0.3) is 0 Å². The van der Waals surface area contributed by atoms with E-state index >= 15 is 0 Å². The molecule has 2 atom stereocenters. The summed E-state index contributed by atoms with van der Waals surface area (Å²) in [6.45, 7) is 10.3. The van der Waals surface area contributed by atoms with Crippen LogP contribution in [0, 0.1) is 12.8 Å². The van der Waals surface area contributed by atoms with Gasteiger partial charge in [0.25, 0.3) is 0 Å². The molecule has 1 aliphatic rings. The van der Waals surface area contributed by atoms with Gasteiger partial charge in [0.05, 0.1) is 5.69 Å². The Bertz CT molecular complexity index is 638. The van der Waals surface area contributed by atoms with Gasteiger partial charge in [-0.15, -0.1) is 12.4 Å². The molecule has 1 fully saturated rings. The van der Waals surface area contributed by atoms with Crippen LogP contribution in [0.3, 0.4) is 0 Å². The van der Waals surface area contributed by atoms with E-state index in [4.69, 9.17) is 5.73 Å². The minimum absolute atomic E-state index is 0. The maximum absolute atomic E-state index is 6.05. The van der Waals surface area contributed by atoms with Crippen LogP contribution in [-0.4, -0.2) is 34.3 Å². The van der Waals surface area contributed by atoms with Crippen molar-refractivity contribution in [2.75, 3.05) is 19.6 Å². The lowest BCUT2D eigenvalue weighted by atomic mass is 9.89. The van der Waals surface area contributed by atoms with Crippen molar-refractivity contribution in [2.24, 2.45) is 11.7 Å². The summed E-state index contributed by atoms with van der Waals surface area (Å²) in [5.41, 5.74) is 9.95. The molecule has 0 unspecified atom stereocenters.